The number of benzene rings is 1. The molecule has 5 heteroatoms. The second-order valence-electron chi connectivity index (χ2n) is 5.57. The van der Waals surface area contributed by atoms with E-state index in [0.29, 0.717) is 0 Å². The number of hydrogen-bond acceptors (Lipinski definition) is 2. The van der Waals surface area contributed by atoms with Gasteiger partial charge in [-0.3, -0.25) is 4.79 Å². The summed E-state index contributed by atoms with van der Waals surface area (Å²) in [4.78, 5) is 14.4. The molecular formula is C15H20F2N2O. The number of nitrogens with zero attached hydrogens (tertiary/aromatic N) is 1. The van der Waals surface area contributed by atoms with Gasteiger partial charge in [0.05, 0.1) is 5.56 Å². The Labute approximate surface area is 118 Å². The highest BCUT2D eigenvalue weighted by atomic mass is 19.1. The summed E-state index contributed by atoms with van der Waals surface area (Å²) in [5, 5.41) is 2.85. The van der Waals surface area contributed by atoms with E-state index in [4.69, 9.17) is 0 Å². The third-order valence-electron chi connectivity index (χ3n) is 4.00. The zero-order valence-corrected chi connectivity index (χ0v) is 11.9. The third kappa shape index (κ3) is 3.33. The van der Waals surface area contributed by atoms with Crippen LogP contribution < -0.4 is 5.32 Å². The molecule has 110 valence electrons. The molecule has 0 aliphatic carbocycles. The second kappa shape index (κ2) is 5.87. The van der Waals surface area contributed by atoms with Crippen LogP contribution in [0.4, 0.5) is 8.78 Å². The molecule has 1 amide bonds. The molecule has 1 aromatic carbocycles. The first-order chi connectivity index (χ1) is 9.43. The molecule has 1 heterocycles. The molecule has 0 unspecified atom stereocenters. The quantitative estimate of drug-likeness (QED) is 0.924. The van der Waals surface area contributed by atoms with Crippen LogP contribution in [0.15, 0.2) is 18.2 Å². The van der Waals surface area contributed by atoms with Gasteiger partial charge in [0.25, 0.3) is 5.91 Å². The molecule has 0 saturated carbocycles. The minimum absolute atomic E-state index is 0.232. The van der Waals surface area contributed by atoms with Crippen molar-refractivity contribution < 1.29 is 13.6 Å². The maximum Gasteiger partial charge on any atom is 0.254 e. The lowest BCUT2D eigenvalue weighted by Crippen LogP contribution is -2.53. The van der Waals surface area contributed by atoms with Gasteiger partial charge in [-0.15, -0.1) is 0 Å². The lowest BCUT2D eigenvalue weighted by Gasteiger charge is -2.39. The van der Waals surface area contributed by atoms with Gasteiger partial charge in [-0.05, 0) is 44.5 Å². The average molecular weight is 282 g/mol. The van der Waals surface area contributed by atoms with E-state index in [1.54, 1.807) is 0 Å². The van der Waals surface area contributed by atoms with Crippen molar-refractivity contribution in [3.63, 3.8) is 0 Å². The monoisotopic (exact) mass is 282 g/mol. The highest BCUT2D eigenvalue weighted by molar-refractivity contribution is 5.95. The van der Waals surface area contributed by atoms with Crippen LogP contribution in [0.5, 0.6) is 0 Å². The van der Waals surface area contributed by atoms with Gasteiger partial charge >= 0.3 is 0 Å². The predicted molar refractivity (Wildman–Crippen MR) is 73.6 cm³/mol. The SMILES string of the molecule is CCN1CCC(C)(NC(=O)c2cc(F)ccc2F)CC1. The van der Waals surface area contributed by atoms with E-state index in [-0.39, 0.29) is 11.1 Å². The smallest absolute Gasteiger partial charge is 0.254 e. The zero-order valence-electron chi connectivity index (χ0n) is 11.9. The summed E-state index contributed by atoms with van der Waals surface area (Å²) in [6.45, 7) is 6.85. The second-order valence-corrected chi connectivity index (χ2v) is 5.57. The van der Waals surface area contributed by atoms with Crippen LogP contribution in [0, 0.1) is 11.6 Å². The lowest BCUT2D eigenvalue weighted by molar-refractivity contribution is 0.0834. The minimum atomic E-state index is -0.696. The fourth-order valence-electron chi connectivity index (χ4n) is 2.50. The summed E-state index contributed by atoms with van der Waals surface area (Å²) >= 11 is 0. The third-order valence-corrected chi connectivity index (χ3v) is 4.00. The van der Waals surface area contributed by atoms with Gasteiger partial charge in [-0.2, -0.15) is 0 Å². The highest BCUT2D eigenvalue weighted by Gasteiger charge is 2.31. The number of hydrogen-bond donors (Lipinski definition) is 1. The van der Waals surface area contributed by atoms with Gasteiger partial charge in [0.2, 0.25) is 0 Å². The molecule has 3 nitrogen and oxygen atoms in total. The van der Waals surface area contributed by atoms with E-state index >= 15 is 0 Å². The normalized spacial score (nSPS) is 18.8. The van der Waals surface area contributed by atoms with Crippen LogP contribution >= 0.6 is 0 Å². The average Bonchev–Trinajstić information content (AvgIpc) is 2.42. The topological polar surface area (TPSA) is 32.3 Å². The van der Waals surface area contributed by atoms with Crippen LogP contribution in [0.25, 0.3) is 0 Å². The van der Waals surface area contributed by atoms with Gasteiger partial charge in [0.15, 0.2) is 0 Å². The summed E-state index contributed by atoms with van der Waals surface area (Å²) in [7, 11) is 0. The van der Waals surface area contributed by atoms with Crippen molar-refractivity contribution in [3.8, 4) is 0 Å². The Morgan fingerprint density at radius 2 is 2.00 bits per heavy atom. The summed E-state index contributed by atoms with van der Waals surface area (Å²) < 4.78 is 26.7. The Bertz CT molecular complexity index is 497. The van der Waals surface area contributed by atoms with E-state index < -0.39 is 17.5 Å². The van der Waals surface area contributed by atoms with Crippen molar-refractivity contribution in [1.82, 2.24) is 10.2 Å². The fourth-order valence-corrected chi connectivity index (χ4v) is 2.50. The number of carbonyl (C=O) groups is 1. The Morgan fingerprint density at radius 1 is 1.35 bits per heavy atom. The van der Waals surface area contributed by atoms with Crippen molar-refractivity contribution in [3.05, 3.63) is 35.4 Å². The number of amides is 1. The highest BCUT2D eigenvalue weighted by Crippen LogP contribution is 2.22. The zero-order chi connectivity index (χ0) is 14.8. The molecule has 0 bridgehead atoms. The molecule has 1 N–H and O–H groups in total. The molecular weight excluding hydrogens is 262 g/mol. The first-order valence-corrected chi connectivity index (χ1v) is 6.93. The maximum atomic E-state index is 13.6. The number of likely N-dealkylation sites (tertiary alicyclic amines) is 1. The molecule has 2 rings (SSSR count). The molecule has 0 spiro atoms. The molecule has 1 fully saturated rings. The number of halogens is 2. The van der Waals surface area contributed by atoms with E-state index in [2.05, 4.69) is 17.1 Å². The maximum absolute atomic E-state index is 13.6. The molecule has 1 saturated heterocycles. The fraction of sp³-hybridized carbons (Fsp3) is 0.533. The van der Waals surface area contributed by atoms with Gasteiger partial charge < -0.3 is 10.2 Å². The van der Waals surface area contributed by atoms with Gasteiger partial charge in [-0.1, -0.05) is 6.92 Å². The van der Waals surface area contributed by atoms with Crippen LogP contribution in [0.3, 0.4) is 0 Å². The van der Waals surface area contributed by atoms with Crippen LogP contribution in [0.1, 0.15) is 37.0 Å². The van der Waals surface area contributed by atoms with Gasteiger partial charge in [0, 0.05) is 18.6 Å². The predicted octanol–water partition coefficient (Wildman–Crippen LogP) is 2.57. The van der Waals surface area contributed by atoms with Crippen molar-refractivity contribution in [2.45, 2.75) is 32.2 Å². The first kappa shape index (κ1) is 14.9. The minimum Gasteiger partial charge on any atom is -0.347 e. The molecule has 1 aliphatic heterocycles. The van der Waals surface area contributed by atoms with E-state index in [0.717, 1.165) is 50.7 Å². The number of piperidine rings is 1. The van der Waals surface area contributed by atoms with Gasteiger partial charge in [0.1, 0.15) is 11.6 Å². The summed E-state index contributed by atoms with van der Waals surface area (Å²) in [5.41, 5.74) is -0.592. The van der Waals surface area contributed by atoms with Crippen molar-refractivity contribution in [2.24, 2.45) is 0 Å². The molecule has 1 aromatic rings. The Hall–Kier alpha value is -1.49. The summed E-state index contributed by atoms with van der Waals surface area (Å²) in [5.74, 6) is -1.85. The largest absolute Gasteiger partial charge is 0.347 e. The Morgan fingerprint density at radius 3 is 2.60 bits per heavy atom. The standard InChI is InChI=1S/C15H20F2N2O/c1-3-19-8-6-15(2,7-9-19)18-14(20)12-10-11(16)4-5-13(12)17/h4-5,10H,3,6-9H2,1-2H3,(H,18,20). The van der Waals surface area contributed by atoms with E-state index in [1.807, 2.05) is 6.92 Å². The lowest BCUT2D eigenvalue weighted by atomic mass is 9.89. The van der Waals surface area contributed by atoms with Gasteiger partial charge in [-0.25, -0.2) is 8.78 Å². The molecule has 0 aromatic heterocycles. The van der Waals surface area contributed by atoms with Crippen molar-refractivity contribution in [1.29, 1.82) is 0 Å². The van der Waals surface area contributed by atoms with Crippen molar-refractivity contribution >= 4 is 5.91 Å². The van der Waals surface area contributed by atoms with Crippen LogP contribution in [-0.2, 0) is 0 Å². The molecule has 0 radical (unpaired) electrons. The molecule has 20 heavy (non-hydrogen) atoms. The summed E-state index contributed by atoms with van der Waals surface area (Å²) in [6, 6.07) is 2.93. The Balaban J connectivity index is 2.06. The first-order valence-electron chi connectivity index (χ1n) is 6.93. The molecule has 0 atom stereocenters. The van der Waals surface area contributed by atoms with Crippen molar-refractivity contribution in [2.75, 3.05) is 19.6 Å². The van der Waals surface area contributed by atoms with E-state index in [1.165, 1.54) is 0 Å². The number of carbonyl (C=O) groups excluding carboxylic acids is 1. The summed E-state index contributed by atoms with van der Waals surface area (Å²) in [6.07, 6.45) is 1.62. The van der Waals surface area contributed by atoms with Crippen LogP contribution in [-0.4, -0.2) is 36.0 Å². The number of nitrogens with one attached hydrogen (secondary N) is 1. The van der Waals surface area contributed by atoms with Crippen LogP contribution in [0.2, 0.25) is 0 Å². The Kier molecular flexibility index (Phi) is 4.38. The number of rotatable bonds is 3. The van der Waals surface area contributed by atoms with E-state index in [9.17, 15) is 13.6 Å². The molecule has 1 aliphatic rings.